The molecule has 0 radical (unpaired) electrons. The first-order chi connectivity index (χ1) is 8.65. The minimum Gasteiger partial charge on any atom is -0.379 e. The van der Waals surface area contributed by atoms with E-state index in [1.54, 1.807) is 0 Å². The van der Waals surface area contributed by atoms with Crippen LogP contribution in [0.1, 0.15) is 11.3 Å². The second-order valence-electron chi connectivity index (χ2n) is 4.62. The van der Waals surface area contributed by atoms with Gasteiger partial charge in [0.15, 0.2) is 0 Å². The van der Waals surface area contributed by atoms with E-state index in [2.05, 4.69) is 51.6 Å². The molecule has 0 bridgehead atoms. The molecule has 0 amide bonds. The number of aryl methyl sites for hydroxylation is 1. The highest BCUT2D eigenvalue weighted by Gasteiger charge is 1.97. The van der Waals surface area contributed by atoms with Gasteiger partial charge in [-0.2, -0.15) is 0 Å². The molecule has 18 heavy (non-hydrogen) atoms. The zero-order valence-corrected chi connectivity index (χ0v) is 11.1. The van der Waals surface area contributed by atoms with Crippen LogP contribution in [0.25, 0.3) is 0 Å². The lowest BCUT2D eigenvalue weighted by molar-refractivity contribution is 1.04. The van der Waals surface area contributed by atoms with Crippen LogP contribution in [-0.4, -0.2) is 19.1 Å². The minimum absolute atomic E-state index is 0.752. The molecule has 0 aliphatic carbocycles. The standard InChI is InChI=1S/C15H19N3/c1-12-4-5-14(16-10-12)11-17-13-6-8-15(9-7-13)18(2)3/h4-10,17H,11H2,1-3H3. The number of hydrogen-bond acceptors (Lipinski definition) is 3. The topological polar surface area (TPSA) is 28.2 Å². The lowest BCUT2D eigenvalue weighted by atomic mass is 10.2. The minimum atomic E-state index is 0.752. The Balaban J connectivity index is 1.95. The summed E-state index contributed by atoms with van der Waals surface area (Å²) in [5.41, 5.74) is 4.56. The fourth-order valence-electron chi connectivity index (χ4n) is 1.67. The maximum absolute atomic E-state index is 4.37. The van der Waals surface area contributed by atoms with Crippen LogP contribution in [-0.2, 0) is 6.54 Å². The molecule has 0 unspecified atom stereocenters. The van der Waals surface area contributed by atoms with Crippen LogP contribution in [0.4, 0.5) is 11.4 Å². The zero-order chi connectivity index (χ0) is 13.0. The summed E-state index contributed by atoms with van der Waals surface area (Å²) in [6.45, 7) is 2.80. The molecule has 2 aromatic rings. The lowest BCUT2D eigenvalue weighted by Gasteiger charge is -2.13. The molecule has 3 nitrogen and oxygen atoms in total. The molecule has 0 spiro atoms. The highest BCUT2D eigenvalue weighted by Crippen LogP contribution is 2.16. The van der Waals surface area contributed by atoms with Gasteiger partial charge in [0, 0.05) is 31.7 Å². The molecule has 0 saturated carbocycles. The molecule has 1 aromatic heterocycles. The van der Waals surface area contributed by atoms with E-state index in [4.69, 9.17) is 0 Å². The first-order valence-corrected chi connectivity index (χ1v) is 6.08. The largest absolute Gasteiger partial charge is 0.379 e. The molecule has 0 aliphatic heterocycles. The highest BCUT2D eigenvalue weighted by molar-refractivity contribution is 5.54. The third kappa shape index (κ3) is 3.23. The van der Waals surface area contributed by atoms with Crippen molar-refractivity contribution < 1.29 is 0 Å². The Kier molecular flexibility index (Phi) is 3.82. The van der Waals surface area contributed by atoms with Gasteiger partial charge in [-0.1, -0.05) is 6.07 Å². The first kappa shape index (κ1) is 12.4. The normalized spacial score (nSPS) is 10.2. The maximum atomic E-state index is 4.37. The van der Waals surface area contributed by atoms with E-state index >= 15 is 0 Å². The van der Waals surface area contributed by atoms with Crippen molar-refractivity contribution in [1.29, 1.82) is 0 Å². The van der Waals surface area contributed by atoms with E-state index in [1.165, 1.54) is 11.3 Å². The molecule has 0 saturated heterocycles. The summed E-state index contributed by atoms with van der Waals surface area (Å²) in [5.74, 6) is 0. The predicted octanol–water partition coefficient (Wildman–Crippen LogP) is 3.07. The van der Waals surface area contributed by atoms with Gasteiger partial charge in [-0.15, -0.1) is 0 Å². The van der Waals surface area contributed by atoms with E-state index in [0.717, 1.165) is 17.9 Å². The van der Waals surface area contributed by atoms with Gasteiger partial charge in [0.1, 0.15) is 0 Å². The third-order valence-electron chi connectivity index (χ3n) is 2.83. The number of nitrogens with zero attached hydrogens (tertiary/aromatic N) is 2. The summed E-state index contributed by atoms with van der Waals surface area (Å²) in [5, 5.41) is 3.37. The number of aromatic nitrogens is 1. The van der Waals surface area contributed by atoms with Crippen molar-refractivity contribution in [2.45, 2.75) is 13.5 Å². The number of benzene rings is 1. The van der Waals surface area contributed by atoms with E-state index in [1.807, 2.05) is 27.2 Å². The summed E-state index contributed by atoms with van der Waals surface area (Å²) in [4.78, 5) is 6.46. The fraction of sp³-hybridized carbons (Fsp3) is 0.267. The molecule has 0 fully saturated rings. The predicted molar refractivity (Wildman–Crippen MR) is 77.1 cm³/mol. The SMILES string of the molecule is Cc1ccc(CNc2ccc(N(C)C)cc2)nc1. The molecular formula is C15H19N3. The Hall–Kier alpha value is -2.03. The number of anilines is 2. The van der Waals surface area contributed by atoms with Gasteiger partial charge >= 0.3 is 0 Å². The highest BCUT2D eigenvalue weighted by atomic mass is 15.1. The smallest absolute Gasteiger partial charge is 0.0594 e. The second-order valence-corrected chi connectivity index (χ2v) is 4.62. The van der Waals surface area contributed by atoms with Gasteiger partial charge in [0.25, 0.3) is 0 Å². The lowest BCUT2D eigenvalue weighted by Crippen LogP contribution is -2.08. The number of nitrogens with one attached hydrogen (secondary N) is 1. The number of hydrogen-bond donors (Lipinski definition) is 1. The van der Waals surface area contributed by atoms with Crippen LogP contribution in [0, 0.1) is 6.92 Å². The van der Waals surface area contributed by atoms with Crippen LogP contribution in [0.3, 0.4) is 0 Å². The van der Waals surface area contributed by atoms with Crippen LogP contribution in [0.2, 0.25) is 0 Å². The molecule has 0 atom stereocenters. The number of rotatable bonds is 4. The summed E-state index contributed by atoms with van der Waals surface area (Å²) in [6, 6.07) is 12.5. The van der Waals surface area contributed by atoms with Crippen molar-refractivity contribution >= 4 is 11.4 Å². The second kappa shape index (κ2) is 5.54. The molecule has 2 rings (SSSR count). The molecule has 1 N–H and O–H groups in total. The van der Waals surface area contributed by atoms with Crippen LogP contribution < -0.4 is 10.2 Å². The van der Waals surface area contributed by atoms with Gasteiger partial charge in [-0.05, 0) is 42.8 Å². The van der Waals surface area contributed by atoms with Gasteiger partial charge < -0.3 is 10.2 Å². The van der Waals surface area contributed by atoms with Gasteiger partial charge in [-0.3, -0.25) is 4.98 Å². The Labute approximate surface area is 108 Å². The monoisotopic (exact) mass is 241 g/mol. The van der Waals surface area contributed by atoms with Crippen LogP contribution in [0.15, 0.2) is 42.6 Å². The van der Waals surface area contributed by atoms with Gasteiger partial charge in [0.05, 0.1) is 12.2 Å². The van der Waals surface area contributed by atoms with E-state index in [0.29, 0.717) is 0 Å². The maximum Gasteiger partial charge on any atom is 0.0594 e. The Morgan fingerprint density at radius 1 is 1.06 bits per heavy atom. The first-order valence-electron chi connectivity index (χ1n) is 6.08. The van der Waals surface area contributed by atoms with Crippen molar-refractivity contribution in [3.63, 3.8) is 0 Å². The number of pyridine rings is 1. The van der Waals surface area contributed by atoms with Crippen molar-refractivity contribution in [1.82, 2.24) is 4.98 Å². The molecule has 1 heterocycles. The van der Waals surface area contributed by atoms with Crippen molar-refractivity contribution in [2.24, 2.45) is 0 Å². The van der Waals surface area contributed by atoms with E-state index in [9.17, 15) is 0 Å². The Morgan fingerprint density at radius 2 is 1.78 bits per heavy atom. The van der Waals surface area contributed by atoms with Gasteiger partial charge in [-0.25, -0.2) is 0 Å². The van der Waals surface area contributed by atoms with E-state index in [-0.39, 0.29) is 0 Å². The fourth-order valence-corrected chi connectivity index (χ4v) is 1.67. The molecule has 3 heteroatoms. The van der Waals surface area contributed by atoms with Crippen molar-refractivity contribution in [3.05, 3.63) is 53.9 Å². The van der Waals surface area contributed by atoms with Crippen molar-refractivity contribution in [3.8, 4) is 0 Å². The average Bonchev–Trinajstić information content (AvgIpc) is 2.38. The average molecular weight is 241 g/mol. The molecule has 1 aromatic carbocycles. The molecule has 94 valence electrons. The summed E-state index contributed by atoms with van der Waals surface area (Å²) < 4.78 is 0. The molecular weight excluding hydrogens is 222 g/mol. The van der Waals surface area contributed by atoms with Crippen LogP contribution in [0.5, 0.6) is 0 Å². The summed E-state index contributed by atoms with van der Waals surface area (Å²) in [6.07, 6.45) is 1.89. The van der Waals surface area contributed by atoms with Crippen molar-refractivity contribution in [2.75, 3.05) is 24.3 Å². The third-order valence-corrected chi connectivity index (χ3v) is 2.83. The van der Waals surface area contributed by atoms with Gasteiger partial charge in [0.2, 0.25) is 0 Å². The van der Waals surface area contributed by atoms with E-state index < -0.39 is 0 Å². The Morgan fingerprint density at radius 3 is 2.33 bits per heavy atom. The molecule has 0 aliphatic rings. The quantitative estimate of drug-likeness (QED) is 0.891. The summed E-state index contributed by atoms with van der Waals surface area (Å²) >= 11 is 0. The summed E-state index contributed by atoms with van der Waals surface area (Å²) in [7, 11) is 4.08. The zero-order valence-electron chi connectivity index (χ0n) is 11.1. The Bertz CT molecular complexity index is 486. The van der Waals surface area contributed by atoms with Crippen LogP contribution >= 0.6 is 0 Å².